The van der Waals surface area contributed by atoms with E-state index >= 15 is 0 Å². The molecular weight excluding hydrogens is 386 g/mol. The minimum Gasteiger partial charge on any atom is -0.459 e. The number of rotatable bonds is 9. The third kappa shape index (κ3) is 7.85. The van der Waals surface area contributed by atoms with E-state index < -0.39 is 29.8 Å². The lowest BCUT2D eigenvalue weighted by atomic mass is 10.0. The number of nitrogens with one attached hydrogen (secondary N) is 1. The number of carbonyl (C=O) groups excluding carboxylic acids is 2. The summed E-state index contributed by atoms with van der Waals surface area (Å²) >= 11 is 0. The van der Waals surface area contributed by atoms with Crippen LogP contribution >= 0.6 is 0 Å². The van der Waals surface area contributed by atoms with Crippen molar-refractivity contribution in [2.75, 3.05) is 13.9 Å². The first kappa shape index (κ1) is 23.4. The molecule has 1 N–H and O–H groups in total. The standard InChI is InChI=1S/C23H29NO6/c1-23(2,3)30-22(26)24-19(18-13-9-6-10-14-18)20(29-16-27-4)21(25)28-15-17-11-7-5-8-12-17/h5-14,19-20H,15-16H2,1-4H3,(H,24,26)/t19-,20+/m0/s1. The van der Waals surface area contributed by atoms with E-state index in [0.29, 0.717) is 5.56 Å². The van der Waals surface area contributed by atoms with Gasteiger partial charge in [-0.2, -0.15) is 0 Å². The van der Waals surface area contributed by atoms with Gasteiger partial charge in [0.1, 0.15) is 19.0 Å². The van der Waals surface area contributed by atoms with Crippen molar-refractivity contribution in [1.29, 1.82) is 0 Å². The maximum Gasteiger partial charge on any atom is 0.408 e. The molecular formula is C23H29NO6. The fourth-order valence-corrected chi connectivity index (χ4v) is 2.68. The van der Waals surface area contributed by atoms with Crippen LogP contribution in [0, 0.1) is 0 Å². The zero-order chi connectivity index (χ0) is 22.0. The fourth-order valence-electron chi connectivity index (χ4n) is 2.68. The number of alkyl carbamates (subject to hydrolysis) is 1. The van der Waals surface area contributed by atoms with Gasteiger partial charge in [-0.05, 0) is 31.9 Å². The van der Waals surface area contributed by atoms with Crippen LogP contribution in [0.15, 0.2) is 60.7 Å². The quantitative estimate of drug-likeness (QED) is 0.493. The highest BCUT2D eigenvalue weighted by Crippen LogP contribution is 2.22. The van der Waals surface area contributed by atoms with Crippen LogP contribution in [0.5, 0.6) is 0 Å². The van der Waals surface area contributed by atoms with Gasteiger partial charge in [-0.1, -0.05) is 60.7 Å². The number of benzene rings is 2. The molecule has 2 rings (SSSR count). The largest absolute Gasteiger partial charge is 0.459 e. The summed E-state index contributed by atoms with van der Waals surface area (Å²) in [6.45, 7) is 5.22. The molecule has 7 nitrogen and oxygen atoms in total. The zero-order valence-corrected chi connectivity index (χ0v) is 17.8. The molecule has 0 aliphatic heterocycles. The predicted molar refractivity (Wildman–Crippen MR) is 112 cm³/mol. The summed E-state index contributed by atoms with van der Waals surface area (Å²) in [6.07, 6.45) is -1.80. The van der Waals surface area contributed by atoms with Crippen molar-refractivity contribution in [3.63, 3.8) is 0 Å². The van der Waals surface area contributed by atoms with E-state index in [2.05, 4.69) is 5.32 Å². The van der Waals surface area contributed by atoms with Crippen LogP contribution in [0.1, 0.15) is 37.9 Å². The Morgan fingerprint density at radius 1 is 0.967 bits per heavy atom. The van der Waals surface area contributed by atoms with Crippen molar-refractivity contribution < 1.29 is 28.5 Å². The van der Waals surface area contributed by atoms with Crippen LogP contribution in [-0.2, 0) is 30.3 Å². The Bertz CT molecular complexity index is 788. The van der Waals surface area contributed by atoms with Crippen molar-refractivity contribution in [2.45, 2.75) is 45.1 Å². The van der Waals surface area contributed by atoms with Crippen LogP contribution in [-0.4, -0.2) is 37.7 Å². The lowest BCUT2D eigenvalue weighted by Crippen LogP contribution is -2.44. The molecule has 0 unspecified atom stereocenters. The summed E-state index contributed by atoms with van der Waals surface area (Å²) in [5, 5.41) is 2.74. The molecule has 0 radical (unpaired) electrons. The van der Waals surface area contributed by atoms with Crippen molar-refractivity contribution in [1.82, 2.24) is 5.32 Å². The van der Waals surface area contributed by atoms with Crippen LogP contribution in [0.3, 0.4) is 0 Å². The van der Waals surface area contributed by atoms with E-state index in [1.807, 2.05) is 48.5 Å². The Labute approximate surface area is 177 Å². The van der Waals surface area contributed by atoms with E-state index in [-0.39, 0.29) is 13.4 Å². The summed E-state index contributed by atoms with van der Waals surface area (Å²) in [4.78, 5) is 25.4. The second kappa shape index (κ2) is 11.3. The maximum absolute atomic E-state index is 12.9. The molecule has 162 valence electrons. The van der Waals surface area contributed by atoms with E-state index in [1.54, 1.807) is 32.9 Å². The first-order valence-corrected chi connectivity index (χ1v) is 9.65. The van der Waals surface area contributed by atoms with E-state index in [0.717, 1.165) is 5.56 Å². The molecule has 2 aromatic carbocycles. The average Bonchev–Trinajstić information content (AvgIpc) is 2.71. The number of hydrogen-bond acceptors (Lipinski definition) is 6. The van der Waals surface area contributed by atoms with E-state index in [1.165, 1.54) is 7.11 Å². The van der Waals surface area contributed by atoms with Gasteiger partial charge < -0.3 is 24.3 Å². The van der Waals surface area contributed by atoms with Gasteiger partial charge in [-0.15, -0.1) is 0 Å². The topological polar surface area (TPSA) is 83.1 Å². The second-order valence-corrected chi connectivity index (χ2v) is 7.62. The van der Waals surface area contributed by atoms with Gasteiger partial charge in [0.25, 0.3) is 0 Å². The van der Waals surface area contributed by atoms with Gasteiger partial charge in [0.2, 0.25) is 0 Å². The number of carbonyl (C=O) groups is 2. The summed E-state index contributed by atoms with van der Waals surface area (Å²) in [5.74, 6) is -0.624. The molecule has 0 aromatic heterocycles. The number of esters is 1. The third-order valence-electron chi connectivity index (χ3n) is 3.96. The molecule has 0 saturated carbocycles. The first-order valence-electron chi connectivity index (χ1n) is 9.65. The average molecular weight is 415 g/mol. The zero-order valence-electron chi connectivity index (χ0n) is 17.8. The van der Waals surface area contributed by atoms with Crippen LogP contribution in [0.4, 0.5) is 4.79 Å². The van der Waals surface area contributed by atoms with Crippen LogP contribution < -0.4 is 5.32 Å². The fraction of sp³-hybridized carbons (Fsp3) is 0.391. The Hall–Kier alpha value is -2.90. The monoisotopic (exact) mass is 415 g/mol. The SMILES string of the molecule is COCO[C@@H](C(=O)OCc1ccccc1)[C@@H](NC(=O)OC(C)(C)C)c1ccccc1. The van der Waals surface area contributed by atoms with Crippen LogP contribution in [0.25, 0.3) is 0 Å². The Balaban J connectivity index is 2.23. The normalized spacial score (nSPS) is 13.2. The minimum atomic E-state index is -1.14. The van der Waals surface area contributed by atoms with Crippen LogP contribution in [0.2, 0.25) is 0 Å². The molecule has 2 atom stereocenters. The Morgan fingerprint density at radius 3 is 2.13 bits per heavy atom. The molecule has 0 heterocycles. The maximum atomic E-state index is 12.9. The molecule has 0 saturated heterocycles. The number of hydrogen-bond donors (Lipinski definition) is 1. The van der Waals surface area contributed by atoms with Gasteiger partial charge in [0.05, 0.1) is 6.04 Å². The van der Waals surface area contributed by atoms with E-state index in [9.17, 15) is 9.59 Å². The highest BCUT2D eigenvalue weighted by molar-refractivity contribution is 5.78. The number of ether oxygens (including phenoxy) is 4. The molecule has 0 spiro atoms. The highest BCUT2D eigenvalue weighted by atomic mass is 16.7. The lowest BCUT2D eigenvalue weighted by Gasteiger charge is -2.28. The van der Waals surface area contributed by atoms with Gasteiger partial charge in [-0.25, -0.2) is 9.59 Å². The third-order valence-corrected chi connectivity index (χ3v) is 3.96. The second-order valence-electron chi connectivity index (χ2n) is 7.62. The van der Waals surface area contributed by atoms with Crippen molar-refractivity contribution in [3.8, 4) is 0 Å². The highest BCUT2D eigenvalue weighted by Gasteiger charge is 2.34. The Kier molecular flexibility index (Phi) is 8.83. The molecule has 2 aromatic rings. The number of methoxy groups -OCH3 is 1. The first-order chi connectivity index (χ1) is 14.3. The summed E-state index contributed by atoms with van der Waals surface area (Å²) in [5.41, 5.74) is 0.816. The van der Waals surface area contributed by atoms with Gasteiger partial charge in [0, 0.05) is 7.11 Å². The summed E-state index contributed by atoms with van der Waals surface area (Å²) in [7, 11) is 1.45. The molecule has 30 heavy (non-hydrogen) atoms. The molecule has 0 fully saturated rings. The van der Waals surface area contributed by atoms with E-state index in [4.69, 9.17) is 18.9 Å². The minimum absolute atomic E-state index is 0.0838. The molecule has 1 amide bonds. The lowest BCUT2D eigenvalue weighted by molar-refractivity contribution is -0.169. The molecule has 7 heteroatoms. The van der Waals surface area contributed by atoms with Crippen molar-refractivity contribution in [3.05, 3.63) is 71.8 Å². The summed E-state index contributed by atoms with van der Waals surface area (Å²) in [6, 6.07) is 17.5. The molecule has 0 aliphatic carbocycles. The van der Waals surface area contributed by atoms with Crippen molar-refractivity contribution >= 4 is 12.1 Å². The summed E-state index contributed by atoms with van der Waals surface area (Å²) < 4.78 is 21.4. The van der Waals surface area contributed by atoms with Gasteiger partial charge >= 0.3 is 12.1 Å². The predicted octanol–water partition coefficient (Wildman–Crippen LogP) is 3.98. The van der Waals surface area contributed by atoms with Gasteiger partial charge in [-0.3, -0.25) is 0 Å². The molecule has 0 aliphatic rings. The Morgan fingerprint density at radius 2 is 1.57 bits per heavy atom. The smallest absolute Gasteiger partial charge is 0.408 e. The van der Waals surface area contributed by atoms with Crippen molar-refractivity contribution in [2.24, 2.45) is 0 Å². The molecule has 0 bridgehead atoms. The number of amides is 1. The van der Waals surface area contributed by atoms with Gasteiger partial charge in [0.15, 0.2) is 6.10 Å².